The standard InChI is InChI=1S/C19H27N5O3S/c1-4-12-28(26,27)23-10-8-16(9-11-23)20-19(25)18-15(3)24(22-21-18)17-7-5-6-14(2)13-17/h5-7,13,16H,4,8-12H2,1-3H3,(H,20,25). The van der Waals surface area contributed by atoms with Crippen molar-refractivity contribution in [1.82, 2.24) is 24.6 Å². The van der Waals surface area contributed by atoms with Gasteiger partial charge < -0.3 is 5.32 Å². The van der Waals surface area contributed by atoms with E-state index in [-0.39, 0.29) is 17.7 Å². The predicted molar refractivity (Wildman–Crippen MR) is 107 cm³/mol. The summed E-state index contributed by atoms with van der Waals surface area (Å²) in [5.41, 5.74) is 2.93. The number of piperidine rings is 1. The average molecular weight is 406 g/mol. The van der Waals surface area contributed by atoms with E-state index < -0.39 is 10.0 Å². The fraction of sp³-hybridized carbons (Fsp3) is 0.526. The third kappa shape index (κ3) is 4.41. The molecule has 1 amide bonds. The van der Waals surface area contributed by atoms with Gasteiger partial charge in [-0.2, -0.15) is 0 Å². The van der Waals surface area contributed by atoms with Gasteiger partial charge in [0.15, 0.2) is 5.69 Å². The number of nitrogens with one attached hydrogen (secondary N) is 1. The normalized spacial score (nSPS) is 16.2. The fourth-order valence-corrected chi connectivity index (χ4v) is 5.00. The van der Waals surface area contributed by atoms with Crippen LogP contribution in [0.4, 0.5) is 0 Å². The van der Waals surface area contributed by atoms with E-state index in [1.165, 1.54) is 4.31 Å². The summed E-state index contributed by atoms with van der Waals surface area (Å²) in [5.74, 6) is -0.100. The van der Waals surface area contributed by atoms with E-state index in [4.69, 9.17) is 0 Å². The van der Waals surface area contributed by atoms with Crippen LogP contribution in [0.5, 0.6) is 0 Å². The molecule has 9 heteroatoms. The largest absolute Gasteiger partial charge is 0.348 e. The fourth-order valence-electron chi connectivity index (χ4n) is 3.46. The summed E-state index contributed by atoms with van der Waals surface area (Å²) in [4.78, 5) is 12.7. The van der Waals surface area contributed by atoms with E-state index in [0.29, 0.717) is 43.7 Å². The SMILES string of the molecule is CCCS(=O)(=O)N1CCC(NC(=O)c2nnn(-c3cccc(C)c3)c2C)CC1. The van der Waals surface area contributed by atoms with Crippen LogP contribution < -0.4 is 5.32 Å². The van der Waals surface area contributed by atoms with Gasteiger partial charge in [-0.1, -0.05) is 24.3 Å². The molecule has 0 atom stereocenters. The number of nitrogens with zero attached hydrogens (tertiary/aromatic N) is 4. The predicted octanol–water partition coefficient (Wildman–Crippen LogP) is 1.82. The first-order valence-electron chi connectivity index (χ1n) is 9.60. The minimum atomic E-state index is -3.18. The number of benzene rings is 1. The molecule has 0 bridgehead atoms. The molecular formula is C19H27N5O3S. The Hall–Kier alpha value is -2.26. The van der Waals surface area contributed by atoms with Gasteiger partial charge in [0.05, 0.1) is 17.1 Å². The first-order valence-corrected chi connectivity index (χ1v) is 11.2. The lowest BCUT2D eigenvalue weighted by molar-refractivity contribution is 0.0918. The Morgan fingerprint density at radius 3 is 2.61 bits per heavy atom. The Bertz CT molecular complexity index is 946. The monoisotopic (exact) mass is 405 g/mol. The van der Waals surface area contributed by atoms with Crippen molar-refractivity contribution in [3.8, 4) is 5.69 Å². The average Bonchev–Trinajstić information content (AvgIpc) is 3.04. The molecule has 28 heavy (non-hydrogen) atoms. The zero-order valence-corrected chi connectivity index (χ0v) is 17.4. The van der Waals surface area contributed by atoms with Gasteiger partial charge in [0.2, 0.25) is 10.0 Å². The van der Waals surface area contributed by atoms with Gasteiger partial charge in [0.25, 0.3) is 5.91 Å². The molecule has 1 aliphatic rings. The molecule has 1 aliphatic heterocycles. The number of hydrogen-bond acceptors (Lipinski definition) is 5. The highest BCUT2D eigenvalue weighted by molar-refractivity contribution is 7.89. The number of aryl methyl sites for hydroxylation is 1. The highest BCUT2D eigenvalue weighted by Gasteiger charge is 2.29. The second-order valence-electron chi connectivity index (χ2n) is 7.24. The van der Waals surface area contributed by atoms with Gasteiger partial charge in [-0.3, -0.25) is 4.79 Å². The summed E-state index contributed by atoms with van der Waals surface area (Å²) in [6, 6.07) is 7.77. The minimum absolute atomic E-state index is 0.0657. The van der Waals surface area contributed by atoms with Crippen LogP contribution in [0.15, 0.2) is 24.3 Å². The molecule has 1 saturated heterocycles. The van der Waals surface area contributed by atoms with Crippen LogP contribution in [0.2, 0.25) is 0 Å². The topological polar surface area (TPSA) is 97.2 Å². The van der Waals surface area contributed by atoms with Gasteiger partial charge in [-0.15, -0.1) is 5.10 Å². The van der Waals surface area contributed by atoms with Crippen molar-refractivity contribution >= 4 is 15.9 Å². The van der Waals surface area contributed by atoms with Gasteiger partial charge in [-0.25, -0.2) is 17.4 Å². The van der Waals surface area contributed by atoms with E-state index in [0.717, 1.165) is 11.3 Å². The number of rotatable bonds is 6. The Kier molecular flexibility index (Phi) is 6.14. The van der Waals surface area contributed by atoms with Crippen LogP contribution in [0.3, 0.4) is 0 Å². The van der Waals surface area contributed by atoms with Gasteiger partial charge >= 0.3 is 0 Å². The van der Waals surface area contributed by atoms with Crippen LogP contribution in [-0.2, 0) is 10.0 Å². The molecule has 1 N–H and O–H groups in total. The molecule has 2 aromatic rings. The van der Waals surface area contributed by atoms with Crippen LogP contribution in [0.25, 0.3) is 5.69 Å². The smallest absolute Gasteiger partial charge is 0.273 e. The van der Waals surface area contributed by atoms with Gasteiger partial charge in [0.1, 0.15) is 0 Å². The number of amides is 1. The van der Waals surface area contributed by atoms with E-state index >= 15 is 0 Å². The lowest BCUT2D eigenvalue weighted by atomic mass is 10.1. The molecule has 3 rings (SSSR count). The van der Waals surface area contributed by atoms with E-state index in [1.807, 2.05) is 45.0 Å². The molecule has 1 aromatic carbocycles. The summed E-state index contributed by atoms with van der Waals surface area (Å²) in [5, 5.41) is 11.2. The number of carbonyl (C=O) groups excluding carboxylic acids is 1. The van der Waals surface area contributed by atoms with Crippen molar-refractivity contribution in [2.75, 3.05) is 18.8 Å². The van der Waals surface area contributed by atoms with E-state index in [9.17, 15) is 13.2 Å². The highest BCUT2D eigenvalue weighted by atomic mass is 32.2. The Balaban J connectivity index is 1.64. The number of aromatic nitrogens is 3. The molecule has 0 radical (unpaired) electrons. The second-order valence-corrected chi connectivity index (χ2v) is 9.33. The van der Waals surface area contributed by atoms with Gasteiger partial charge in [-0.05, 0) is 50.8 Å². The number of hydrogen-bond donors (Lipinski definition) is 1. The van der Waals surface area contributed by atoms with Crippen LogP contribution >= 0.6 is 0 Å². The molecule has 0 saturated carbocycles. The first kappa shape index (κ1) is 20.5. The zero-order valence-electron chi connectivity index (χ0n) is 16.6. The third-order valence-electron chi connectivity index (χ3n) is 5.00. The maximum Gasteiger partial charge on any atom is 0.273 e. The summed E-state index contributed by atoms with van der Waals surface area (Å²) < 4.78 is 27.5. The van der Waals surface area contributed by atoms with E-state index in [2.05, 4.69) is 15.6 Å². The first-order chi connectivity index (χ1) is 13.3. The van der Waals surface area contributed by atoms with Crippen molar-refractivity contribution in [1.29, 1.82) is 0 Å². The molecule has 0 spiro atoms. The lowest BCUT2D eigenvalue weighted by Crippen LogP contribution is -2.47. The Labute approximate surface area is 166 Å². The van der Waals surface area contributed by atoms with Crippen molar-refractivity contribution in [2.45, 2.75) is 46.1 Å². The second kappa shape index (κ2) is 8.40. The van der Waals surface area contributed by atoms with Crippen molar-refractivity contribution in [3.05, 3.63) is 41.2 Å². The van der Waals surface area contributed by atoms with Crippen LogP contribution in [0.1, 0.15) is 47.9 Å². The maximum atomic E-state index is 12.7. The number of sulfonamides is 1. The van der Waals surface area contributed by atoms with Crippen molar-refractivity contribution < 1.29 is 13.2 Å². The molecule has 2 heterocycles. The van der Waals surface area contributed by atoms with Crippen LogP contribution in [-0.4, -0.2) is 58.5 Å². The summed E-state index contributed by atoms with van der Waals surface area (Å²) in [7, 11) is -3.18. The molecular weight excluding hydrogens is 378 g/mol. The zero-order chi connectivity index (χ0) is 20.3. The summed E-state index contributed by atoms with van der Waals surface area (Å²) >= 11 is 0. The molecule has 0 unspecified atom stereocenters. The van der Waals surface area contributed by atoms with Gasteiger partial charge in [0, 0.05) is 19.1 Å². The summed E-state index contributed by atoms with van der Waals surface area (Å²) in [6.07, 6.45) is 1.80. The summed E-state index contributed by atoms with van der Waals surface area (Å²) in [6.45, 7) is 6.54. The van der Waals surface area contributed by atoms with Crippen molar-refractivity contribution in [3.63, 3.8) is 0 Å². The Morgan fingerprint density at radius 1 is 1.25 bits per heavy atom. The molecule has 0 aliphatic carbocycles. The highest BCUT2D eigenvalue weighted by Crippen LogP contribution is 2.17. The molecule has 152 valence electrons. The number of carbonyl (C=O) groups is 1. The maximum absolute atomic E-state index is 12.7. The van der Waals surface area contributed by atoms with E-state index in [1.54, 1.807) is 4.68 Å². The molecule has 1 aromatic heterocycles. The van der Waals surface area contributed by atoms with Crippen molar-refractivity contribution in [2.24, 2.45) is 0 Å². The third-order valence-corrected chi connectivity index (χ3v) is 7.08. The molecule has 8 nitrogen and oxygen atoms in total. The lowest BCUT2D eigenvalue weighted by Gasteiger charge is -2.31. The van der Waals surface area contributed by atoms with Crippen LogP contribution in [0, 0.1) is 13.8 Å². The molecule has 1 fully saturated rings. The Morgan fingerprint density at radius 2 is 1.96 bits per heavy atom. The quantitative estimate of drug-likeness (QED) is 0.791. The minimum Gasteiger partial charge on any atom is -0.348 e.